The Bertz CT molecular complexity index is 1320. The van der Waals surface area contributed by atoms with E-state index in [-0.39, 0.29) is 28.3 Å². The number of ether oxygens (including phenoxy) is 2. The number of hydrogen-bond acceptors (Lipinski definition) is 5. The largest absolute Gasteiger partial charge is 0.495 e. The van der Waals surface area contributed by atoms with Crippen molar-refractivity contribution in [3.8, 4) is 11.5 Å². The monoisotopic (exact) mass is 435 g/mol. The summed E-state index contributed by atoms with van der Waals surface area (Å²) in [4.78, 5) is 0.0333. The van der Waals surface area contributed by atoms with Crippen LogP contribution in [-0.4, -0.2) is 27.5 Å². The van der Waals surface area contributed by atoms with E-state index in [9.17, 15) is 21.6 Å². The highest BCUT2D eigenvalue weighted by Crippen LogP contribution is 2.40. The number of nitrogens with one attached hydrogen (secondary N) is 1. The third-order valence-corrected chi connectivity index (χ3v) is 6.14. The fourth-order valence-electron chi connectivity index (χ4n) is 3.59. The van der Waals surface area contributed by atoms with Crippen LogP contribution in [0.25, 0.3) is 10.8 Å². The van der Waals surface area contributed by atoms with Gasteiger partial charge in [-0.15, -0.1) is 0 Å². The number of fused-ring (bicyclic) bond motifs is 3. The Morgan fingerprint density at radius 2 is 1.77 bits per heavy atom. The molecule has 4 rings (SSSR count). The molecule has 1 atom stereocenters. The van der Waals surface area contributed by atoms with E-state index < -0.39 is 33.4 Å². The van der Waals surface area contributed by atoms with Crippen molar-refractivity contribution in [1.82, 2.24) is 0 Å². The van der Waals surface area contributed by atoms with Crippen LogP contribution in [0, 0.1) is 22.9 Å². The topological polar surface area (TPSA) is 76.5 Å². The van der Waals surface area contributed by atoms with Crippen LogP contribution in [-0.2, 0) is 16.3 Å². The average molecular weight is 435 g/mol. The summed E-state index contributed by atoms with van der Waals surface area (Å²) < 4.78 is 76.2. The van der Waals surface area contributed by atoms with E-state index in [1.54, 1.807) is 18.2 Å². The number of benzene rings is 3. The summed E-state index contributed by atoms with van der Waals surface area (Å²) in [5, 5.41) is 9.53. The summed E-state index contributed by atoms with van der Waals surface area (Å²) >= 11 is 0. The third-order valence-electron chi connectivity index (χ3n) is 5.02. The molecule has 0 fully saturated rings. The first kappa shape index (κ1) is 20.2. The van der Waals surface area contributed by atoms with Crippen molar-refractivity contribution in [2.75, 3.05) is 13.4 Å². The zero-order chi connectivity index (χ0) is 21.8. The second-order valence-electron chi connectivity index (χ2n) is 7.03. The average Bonchev–Trinajstić information content (AvgIpc) is 2.68. The van der Waals surface area contributed by atoms with Gasteiger partial charge in [-0.2, -0.15) is 0 Å². The van der Waals surface area contributed by atoms with Crippen LogP contribution >= 0.6 is 0 Å². The van der Waals surface area contributed by atoms with Gasteiger partial charge in [0.25, 0.3) is 0 Å². The maximum absolute atomic E-state index is 14.2. The summed E-state index contributed by atoms with van der Waals surface area (Å²) in [6.07, 6.45) is -0.0753. The lowest BCUT2D eigenvalue weighted by molar-refractivity contribution is 0.253. The molecule has 1 N–H and O–H groups in total. The lowest BCUT2D eigenvalue weighted by Crippen LogP contribution is -2.26. The van der Waals surface area contributed by atoms with Gasteiger partial charge < -0.3 is 14.9 Å². The van der Waals surface area contributed by atoms with Gasteiger partial charge in [0.05, 0.1) is 12.8 Å². The van der Waals surface area contributed by atoms with Gasteiger partial charge in [-0.05, 0) is 35.0 Å². The standard InChI is InChI=1S/C21H16F3NO4S/c1-28-19-8-11-10(5-20(19)30(2,26)27)3-4-18-12(11)7-17(25)21(29-18)13-6-15(23)16(24)9-14(13)22/h3-6,8-9,21,25H,7H2,1-2H3/t21-/m1/s1. The summed E-state index contributed by atoms with van der Waals surface area (Å²) in [7, 11) is -2.18. The van der Waals surface area contributed by atoms with Crippen LogP contribution in [0.4, 0.5) is 13.2 Å². The molecule has 0 amide bonds. The highest BCUT2D eigenvalue weighted by Gasteiger charge is 2.31. The van der Waals surface area contributed by atoms with Gasteiger partial charge in [0.2, 0.25) is 0 Å². The predicted molar refractivity (Wildman–Crippen MR) is 105 cm³/mol. The Balaban J connectivity index is 1.85. The quantitative estimate of drug-likeness (QED) is 0.620. The molecular weight excluding hydrogens is 419 g/mol. The minimum Gasteiger partial charge on any atom is -0.495 e. The van der Waals surface area contributed by atoms with Crippen LogP contribution in [0.3, 0.4) is 0 Å². The van der Waals surface area contributed by atoms with E-state index in [0.29, 0.717) is 34.2 Å². The zero-order valence-electron chi connectivity index (χ0n) is 15.9. The molecule has 9 heteroatoms. The molecular formula is C21H16F3NO4S. The first-order chi connectivity index (χ1) is 14.1. The third kappa shape index (κ3) is 3.28. The molecule has 0 bridgehead atoms. The lowest BCUT2D eigenvalue weighted by Gasteiger charge is -2.28. The van der Waals surface area contributed by atoms with Crippen LogP contribution in [0.1, 0.15) is 17.2 Å². The SMILES string of the molecule is COc1cc2c3c(ccc2cc1S(C)(=O)=O)O[C@H](c1cc(F)c(F)cc1F)C(=N)C3. The fourth-order valence-corrected chi connectivity index (χ4v) is 4.44. The van der Waals surface area contributed by atoms with Crippen molar-refractivity contribution < 1.29 is 31.1 Å². The Hall–Kier alpha value is -3.07. The van der Waals surface area contributed by atoms with Gasteiger partial charge in [-0.1, -0.05) is 6.07 Å². The molecule has 3 aromatic carbocycles. The van der Waals surface area contributed by atoms with E-state index >= 15 is 0 Å². The van der Waals surface area contributed by atoms with Crippen molar-refractivity contribution in [3.05, 3.63) is 65.0 Å². The van der Waals surface area contributed by atoms with Crippen LogP contribution in [0.2, 0.25) is 0 Å². The van der Waals surface area contributed by atoms with Crippen molar-refractivity contribution >= 4 is 26.3 Å². The molecule has 0 spiro atoms. The maximum Gasteiger partial charge on any atom is 0.179 e. The molecule has 0 unspecified atom stereocenters. The molecule has 0 saturated carbocycles. The molecule has 1 aliphatic rings. The summed E-state index contributed by atoms with van der Waals surface area (Å²) in [5.41, 5.74) is 0.274. The normalized spacial score (nSPS) is 16.3. The molecule has 30 heavy (non-hydrogen) atoms. The smallest absolute Gasteiger partial charge is 0.179 e. The molecule has 156 valence electrons. The second-order valence-corrected chi connectivity index (χ2v) is 9.01. The Kier molecular flexibility index (Phi) is 4.73. The highest BCUT2D eigenvalue weighted by molar-refractivity contribution is 7.90. The lowest BCUT2D eigenvalue weighted by atomic mass is 9.91. The van der Waals surface area contributed by atoms with Crippen molar-refractivity contribution in [3.63, 3.8) is 0 Å². The molecule has 3 aromatic rings. The minimum absolute atomic E-state index is 0.0333. The molecule has 0 saturated heterocycles. The van der Waals surface area contributed by atoms with Gasteiger partial charge in [0, 0.05) is 29.9 Å². The van der Waals surface area contributed by atoms with E-state index in [4.69, 9.17) is 14.9 Å². The molecule has 0 aliphatic carbocycles. The number of sulfone groups is 1. The summed E-state index contributed by atoms with van der Waals surface area (Å²) in [6.45, 7) is 0. The van der Waals surface area contributed by atoms with Crippen LogP contribution < -0.4 is 9.47 Å². The fraction of sp³-hybridized carbons (Fsp3) is 0.190. The predicted octanol–water partition coefficient (Wildman–Crippen LogP) is 4.37. The Morgan fingerprint density at radius 3 is 2.43 bits per heavy atom. The van der Waals surface area contributed by atoms with E-state index in [0.717, 1.165) is 6.26 Å². The first-order valence-electron chi connectivity index (χ1n) is 8.82. The van der Waals surface area contributed by atoms with Gasteiger partial charge >= 0.3 is 0 Å². The molecule has 5 nitrogen and oxygen atoms in total. The number of methoxy groups -OCH3 is 1. The van der Waals surface area contributed by atoms with Gasteiger partial charge in [0.1, 0.15) is 22.2 Å². The first-order valence-corrected chi connectivity index (χ1v) is 10.7. The van der Waals surface area contributed by atoms with E-state index in [1.807, 2.05) is 0 Å². The van der Waals surface area contributed by atoms with E-state index in [2.05, 4.69) is 0 Å². The zero-order valence-corrected chi connectivity index (χ0v) is 16.7. The molecule has 0 aromatic heterocycles. The Morgan fingerprint density at radius 1 is 1.07 bits per heavy atom. The minimum atomic E-state index is -3.53. The number of hydrogen-bond donors (Lipinski definition) is 1. The molecule has 1 heterocycles. The van der Waals surface area contributed by atoms with Crippen LogP contribution in [0.5, 0.6) is 11.5 Å². The number of halogens is 3. The maximum atomic E-state index is 14.2. The summed E-state index contributed by atoms with van der Waals surface area (Å²) in [5.74, 6) is -3.07. The van der Waals surface area contributed by atoms with Gasteiger partial charge in [-0.25, -0.2) is 21.6 Å². The van der Waals surface area contributed by atoms with Gasteiger partial charge in [-0.3, -0.25) is 0 Å². The second kappa shape index (κ2) is 7.02. The highest BCUT2D eigenvalue weighted by atomic mass is 32.2. The van der Waals surface area contributed by atoms with Crippen LogP contribution in [0.15, 0.2) is 41.3 Å². The van der Waals surface area contributed by atoms with Crippen molar-refractivity contribution in [1.29, 1.82) is 5.41 Å². The number of rotatable bonds is 3. The molecule has 1 aliphatic heterocycles. The van der Waals surface area contributed by atoms with Gasteiger partial charge in [0.15, 0.2) is 27.6 Å². The Labute approximate surface area is 170 Å². The summed E-state index contributed by atoms with van der Waals surface area (Å²) in [6, 6.07) is 7.36. The van der Waals surface area contributed by atoms with E-state index in [1.165, 1.54) is 13.2 Å². The van der Waals surface area contributed by atoms with Crippen molar-refractivity contribution in [2.45, 2.75) is 17.4 Å². The van der Waals surface area contributed by atoms with Crippen molar-refractivity contribution in [2.24, 2.45) is 0 Å². The molecule has 0 radical (unpaired) electrons.